The largest absolute Gasteiger partial charge is 0.444 e. The third kappa shape index (κ3) is 2.32. The number of carbonyl (C=O) groups excluding carboxylic acids is 1. The summed E-state index contributed by atoms with van der Waals surface area (Å²) in [4.78, 5) is 16.3. The van der Waals surface area contributed by atoms with Crippen molar-refractivity contribution in [2.45, 2.75) is 32.2 Å². The molecule has 1 aliphatic carbocycles. The molecule has 0 aliphatic heterocycles. The molecule has 1 amide bonds. The monoisotopic (exact) mass is 271 g/mol. The highest BCUT2D eigenvalue weighted by Crippen LogP contribution is 2.34. The van der Waals surface area contributed by atoms with Crippen molar-refractivity contribution in [1.82, 2.24) is 4.98 Å². The molecule has 1 heterocycles. The van der Waals surface area contributed by atoms with Gasteiger partial charge in [0.05, 0.1) is 11.2 Å². The fourth-order valence-corrected chi connectivity index (χ4v) is 2.03. The van der Waals surface area contributed by atoms with E-state index in [0.29, 0.717) is 11.6 Å². The van der Waals surface area contributed by atoms with Crippen LogP contribution in [0.3, 0.4) is 0 Å². The smallest absolute Gasteiger partial charge is 0.244 e. The first-order valence-corrected chi connectivity index (χ1v) is 6.61. The Morgan fingerprint density at radius 1 is 1.40 bits per heavy atom. The van der Waals surface area contributed by atoms with Gasteiger partial charge in [0.25, 0.3) is 0 Å². The van der Waals surface area contributed by atoms with Crippen LogP contribution in [-0.2, 0) is 4.79 Å². The van der Waals surface area contributed by atoms with E-state index in [-0.39, 0.29) is 5.91 Å². The summed E-state index contributed by atoms with van der Waals surface area (Å²) in [5, 5.41) is 2.86. The van der Waals surface area contributed by atoms with Crippen molar-refractivity contribution in [1.29, 1.82) is 0 Å². The van der Waals surface area contributed by atoms with Gasteiger partial charge in [0.1, 0.15) is 6.26 Å². The molecule has 2 aromatic rings. The van der Waals surface area contributed by atoms with Gasteiger partial charge in [-0.3, -0.25) is 4.79 Å². The summed E-state index contributed by atoms with van der Waals surface area (Å²) in [5.41, 5.74) is 8.65. The van der Waals surface area contributed by atoms with E-state index in [0.717, 1.165) is 29.7 Å². The van der Waals surface area contributed by atoms with Crippen LogP contribution in [0.5, 0.6) is 0 Å². The van der Waals surface area contributed by atoms with Crippen LogP contribution in [0.15, 0.2) is 28.9 Å². The second-order valence-corrected chi connectivity index (χ2v) is 5.43. The Hall–Kier alpha value is -2.14. The number of hydrogen-bond donors (Lipinski definition) is 2. The molecule has 0 atom stereocenters. The molecular weight excluding hydrogens is 254 g/mol. The number of aromatic nitrogens is 1. The summed E-state index contributed by atoms with van der Waals surface area (Å²) in [6.45, 7) is 3.85. The first-order valence-electron chi connectivity index (χ1n) is 6.61. The van der Waals surface area contributed by atoms with Gasteiger partial charge in [-0.1, -0.05) is 6.07 Å². The normalized spacial score (nSPS) is 15.9. The maximum absolute atomic E-state index is 12.0. The molecule has 104 valence electrons. The third-order valence-electron chi connectivity index (χ3n) is 3.59. The van der Waals surface area contributed by atoms with Gasteiger partial charge in [-0.15, -0.1) is 0 Å². The Bertz CT molecular complexity index is 672. The van der Waals surface area contributed by atoms with Crippen molar-refractivity contribution in [2.24, 2.45) is 5.73 Å². The Morgan fingerprint density at radius 3 is 2.75 bits per heavy atom. The number of nitrogens with two attached hydrogens (primary N) is 1. The summed E-state index contributed by atoms with van der Waals surface area (Å²) in [6, 6.07) is 5.66. The second kappa shape index (κ2) is 4.45. The van der Waals surface area contributed by atoms with Crippen molar-refractivity contribution in [3.8, 4) is 11.5 Å². The van der Waals surface area contributed by atoms with E-state index in [9.17, 15) is 4.79 Å². The highest BCUT2D eigenvalue weighted by atomic mass is 16.3. The predicted molar refractivity (Wildman–Crippen MR) is 76.2 cm³/mol. The molecule has 0 saturated heterocycles. The fraction of sp³-hybridized carbons (Fsp3) is 0.333. The van der Waals surface area contributed by atoms with E-state index in [1.807, 2.05) is 32.0 Å². The van der Waals surface area contributed by atoms with Crippen LogP contribution in [0.2, 0.25) is 0 Å². The quantitative estimate of drug-likeness (QED) is 0.898. The van der Waals surface area contributed by atoms with Crippen LogP contribution in [0.1, 0.15) is 24.1 Å². The summed E-state index contributed by atoms with van der Waals surface area (Å²) in [6.07, 6.45) is 3.10. The van der Waals surface area contributed by atoms with Crippen LogP contribution >= 0.6 is 0 Å². The van der Waals surface area contributed by atoms with Crippen molar-refractivity contribution in [2.75, 3.05) is 5.32 Å². The molecule has 5 heteroatoms. The molecule has 0 spiro atoms. The first-order chi connectivity index (χ1) is 9.48. The van der Waals surface area contributed by atoms with E-state index < -0.39 is 5.54 Å². The molecule has 0 bridgehead atoms. The molecule has 1 aromatic carbocycles. The van der Waals surface area contributed by atoms with E-state index in [2.05, 4.69) is 10.3 Å². The SMILES string of the molecule is Cc1coc(-c2cc(NC(=O)C3(N)CC3)ccc2C)n1. The average molecular weight is 271 g/mol. The van der Waals surface area contributed by atoms with Crippen LogP contribution in [-0.4, -0.2) is 16.4 Å². The summed E-state index contributed by atoms with van der Waals surface area (Å²) < 4.78 is 5.42. The first kappa shape index (κ1) is 12.9. The zero-order valence-corrected chi connectivity index (χ0v) is 11.6. The molecular formula is C15H17N3O2. The van der Waals surface area contributed by atoms with Gasteiger partial charge in [0.15, 0.2) is 0 Å². The van der Waals surface area contributed by atoms with Gasteiger partial charge in [-0.2, -0.15) is 0 Å². The van der Waals surface area contributed by atoms with Gasteiger partial charge in [-0.25, -0.2) is 4.98 Å². The zero-order chi connectivity index (χ0) is 14.3. The molecule has 5 nitrogen and oxygen atoms in total. The lowest BCUT2D eigenvalue weighted by Gasteiger charge is -2.11. The molecule has 3 rings (SSSR count). The van der Waals surface area contributed by atoms with Gasteiger partial charge in [0, 0.05) is 11.3 Å². The van der Waals surface area contributed by atoms with E-state index in [1.54, 1.807) is 6.26 Å². The van der Waals surface area contributed by atoms with E-state index in [1.165, 1.54) is 0 Å². The molecule has 1 saturated carbocycles. The van der Waals surface area contributed by atoms with Gasteiger partial charge in [-0.05, 0) is 44.4 Å². The number of aryl methyl sites for hydroxylation is 2. The number of oxazole rings is 1. The Balaban J connectivity index is 1.88. The van der Waals surface area contributed by atoms with Gasteiger partial charge < -0.3 is 15.5 Å². The van der Waals surface area contributed by atoms with Crippen LogP contribution in [0.4, 0.5) is 5.69 Å². The predicted octanol–water partition coefficient (Wildman–Crippen LogP) is 2.39. The second-order valence-electron chi connectivity index (χ2n) is 5.43. The van der Waals surface area contributed by atoms with Crippen molar-refractivity contribution in [3.05, 3.63) is 35.7 Å². The maximum atomic E-state index is 12.0. The van der Waals surface area contributed by atoms with E-state index >= 15 is 0 Å². The number of anilines is 1. The number of hydrogen-bond acceptors (Lipinski definition) is 4. The number of amides is 1. The number of benzene rings is 1. The van der Waals surface area contributed by atoms with Crippen molar-refractivity contribution < 1.29 is 9.21 Å². The molecule has 0 unspecified atom stereocenters. The topological polar surface area (TPSA) is 81.2 Å². The molecule has 20 heavy (non-hydrogen) atoms. The van der Waals surface area contributed by atoms with Crippen LogP contribution in [0, 0.1) is 13.8 Å². The van der Waals surface area contributed by atoms with Crippen molar-refractivity contribution >= 4 is 11.6 Å². The Kier molecular flexibility index (Phi) is 2.87. The summed E-state index contributed by atoms with van der Waals surface area (Å²) in [5.74, 6) is 0.431. The number of nitrogens with one attached hydrogen (secondary N) is 1. The minimum atomic E-state index is -0.676. The molecule has 1 aliphatic rings. The Morgan fingerprint density at radius 2 is 2.15 bits per heavy atom. The molecule has 1 aromatic heterocycles. The zero-order valence-electron chi connectivity index (χ0n) is 11.6. The van der Waals surface area contributed by atoms with Gasteiger partial charge in [0.2, 0.25) is 11.8 Å². The summed E-state index contributed by atoms with van der Waals surface area (Å²) in [7, 11) is 0. The minimum Gasteiger partial charge on any atom is -0.444 e. The maximum Gasteiger partial charge on any atom is 0.244 e. The standard InChI is InChI=1S/C15H17N3O2/c1-9-3-4-11(18-14(19)15(16)5-6-15)7-12(9)13-17-10(2)8-20-13/h3-4,7-8H,5-6,16H2,1-2H3,(H,18,19). The molecule has 3 N–H and O–H groups in total. The Labute approximate surface area is 117 Å². The third-order valence-corrected chi connectivity index (χ3v) is 3.59. The summed E-state index contributed by atoms with van der Waals surface area (Å²) >= 11 is 0. The minimum absolute atomic E-state index is 0.129. The number of rotatable bonds is 3. The highest BCUT2D eigenvalue weighted by Gasteiger charge is 2.45. The molecule has 1 fully saturated rings. The van der Waals surface area contributed by atoms with Gasteiger partial charge >= 0.3 is 0 Å². The molecule has 0 radical (unpaired) electrons. The lowest BCUT2D eigenvalue weighted by molar-refractivity contribution is -0.118. The average Bonchev–Trinajstić information content (AvgIpc) is 3.02. The van der Waals surface area contributed by atoms with Crippen LogP contribution < -0.4 is 11.1 Å². The number of nitrogens with zero attached hydrogens (tertiary/aromatic N) is 1. The fourth-order valence-electron chi connectivity index (χ4n) is 2.03. The lowest BCUT2D eigenvalue weighted by atomic mass is 10.1. The number of carbonyl (C=O) groups is 1. The van der Waals surface area contributed by atoms with Crippen LogP contribution in [0.25, 0.3) is 11.5 Å². The van der Waals surface area contributed by atoms with Crippen molar-refractivity contribution in [3.63, 3.8) is 0 Å². The van der Waals surface area contributed by atoms with E-state index in [4.69, 9.17) is 10.2 Å². The lowest BCUT2D eigenvalue weighted by Crippen LogP contribution is -2.37. The highest BCUT2D eigenvalue weighted by molar-refractivity contribution is 6.00.